The van der Waals surface area contributed by atoms with Crippen LogP contribution in [0.1, 0.15) is 18.4 Å². The van der Waals surface area contributed by atoms with Crippen LogP contribution in [0.25, 0.3) is 16.8 Å². The van der Waals surface area contributed by atoms with E-state index in [1.165, 1.54) is 5.39 Å². The van der Waals surface area contributed by atoms with Gasteiger partial charge in [-0.3, -0.25) is 4.79 Å². The number of likely N-dealkylation sites (tertiary alicyclic amines) is 1. The molecule has 0 aliphatic carbocycles. The van der Waals surface area contributed by atoms with Crippen molar-refractivity contribution in [2.45, 2.75) is 12.8 Å². The number of fused-ring (bicyclic) bond motifs is 1. The molecule has 3 rings (SSSR count). The lowest BCUT2D eigenvalue weighted by Gasteiger charge is -2.30. The van der Waals surface area contributed by atoms with Gasteiger partial charge in [0.1, 0.15) is 0 Å². The van der Waals surface area contributed by atoms with Crippen molar-refractivity contribution in [1.82, 2.24) is 4.90 Å². The largest absolute Gasteiger partial charge is 0.396 e. The van der Waals surface area contributed by atoms with E-state index in [0.717, 1.165) is 36.9 Å². The lowest BCUT2D eigenvalue weighted by Crippen LogP contribution is -2.38. The summed E-state index contributed by atoms with van der Waals surface area (Å²) in [5.41, 5.74) is 1.07. The zero-order valence-electron chi connectivity index (χ0n) is 12.6. The average molecular weight is 295 g/mol. The minimum absolute atomic E-state index is 0.0596. The fourth-order valence-electron chi connectivity index (χ4n) is 3.00. The van der Waals surface area contributed by atoms with E-state index in [2.05, 4.69) is 18.2 Å². The van der Waals surface area contributed by atoms with E-state index in [0.29, 0.717) is 5.92 Å². The maximum absolute atomic E-state index is 12.3. The van der Waals surface area contributed by atoms with E-state index in [1.807, 2.05) is 35.2 Å². The van der Waals surface area contributed by atoms with Crippen LogP contribution in [-0.4, -0.2) is 35.6 Å². The Kier molecular flexibility index (Phi) is 4.54. The third kappa shape index (κ3) is 3.20. The van der Waals surface area contributed by atoms with Gasteiger partial charge in [0.25, 0.3) is 0 Å². The van der Waals surface area contributed by atoms with Crippen molar-refractivity contribution in [2.75, 3.05) is 19.7 Å². The second kappa shape index (κ2) is 6.75. The van der Waals surface area contributed by atoms with Gasteiger partial charge in [-0.2, -0.15) is 0 Å². The predicted molar refractivity (Wildman–Crippen MR) is 89.4 cm³/mol. The number of hydrogen-bond donors (Lipinski definition) is 1. The summed E-state index contributed by atoms with van der Waals surface area (Å²) in [5, 5.41) is 11.5. The number of benzene rings is 2. The van der Waals surface area contributed by atoms with Gasteiger partial charge < -0.3 is 10.0 Å². The van der Waals surface area contributed by atoms with Gasteiger partial charge in [-0.25, -0.2) is 0 Å². The Bertz CT molecular complexity index is 679. The summed E-state index contributed by atoms with van der Waals surface area (Å²) in [4.78, 5) is 14.1. The summed E-state index contributed by atoms with van der Waals surface area (Å²) < 4.78 is 0. The molecule has 3 nitrogen and oxygen atoms in total. The molecule has 0 atom stereocenters. The van der Waals surface area contributed by atoms with Gasteiger partial charge >= 0.3 is 0 Å². The lowest BCUT2D eigenvalue weighted by molar-refractivity contribution is -0.127. The van der Waals surface area contributed by atoms with Crippen molar-refractivity contribution in [3.05, 3.63) is 54.1 Å². The van der Waals surface area contributed by atoms with Gasteiger partial charge in [0, 0.05) is 25.8 Å². The molecule has 1 fully saturated rings. The van der Waals surface area contributed by atoms with Crippen LogP contribution in [0.15, 0.2) is 48.5 Å². The molecule has 0 aromatic heterocycles. The highest BCUT2D eigenvalue weighted by molar-refractivity contribution is 5.96. The van der Waals surface area contributed by atoms with Crippen molar-refractivity contribution < 1.29 is 9.90 Å². The lowest BCUT2D eigenvalue weighted by atomic mass is 9.98. The van der Waals surface area contributed by atoms with Crippen molar-refractivity contribution in [1.29, 1.82) is 0 Å². The zero-order valence-corrected chi connectivity index (χ0v) is 12.6. The molecular formula is C19H21NO2. The molecule has 3 heteroatoms. The fraction of sp³-hybridized carbons (Fsp3) is 0.316. The molecule has 114 valence electrons. The maximum Gasteiger partial charge on any atom is 0.246 e. The monoisotopic (exact) mass is 295 g/mol. The number of nitrogens with zero attached hydrogens (tertiary/aromatic N) is 1. The van der Waals surface area contributed by atoms with E-state index >= 15 is 0 Å². The van der Waals surface area contributed by atoms with Crippen LogP contribution in [0.3, 0.4) is 0 Å². The molecule has 1 amide bonds. The molecule has 2 aromatic carbocycles. The molecular weight excluding hydrogens is 274 g/mol. The Balaban J connectivity index is 1.72. The summed E-state index contributed by atoms with van der Waals surface area (Å²) in [7, 11) is 0. The zero-order chi connectivity index (χ0) is 15.4. The van der Waals surface area contributed by atoms with E-state index in [9.17, 15) is 4.79 Å². The molecule has 0 unspecified atom stereocenters. The Labute approximate surface area is 130 Å². The molecule has 1 heterocycles. The first-order chi connectivity index (χ1) is 10.8. The molecule has 0 bridgehead atoms. The van der Waals surface area contributed by atoms with E-state index in [1.54, 1.807) is 6.08 Å². The van der Waals surface area contributed by atoms with Crippen molar-refractivity contribution >= 4 is 22.8 Å². The normalized spacial score (nSPS) is 16.5. The number of piperidine rings is 1. The number of aliphatic hydroxyl groups is 1. The molecule has 22 heavy (non-hydrogen) atoms. The van der Waals surface area contributed by atoms with Crippen LogP contribution in [-0.2, 0) is 4.79 Å². The van der Waals surface area contributed by atoms with Gasteiger partial charge in [0.2, 0.25) is 5.91 Å². The molecule has 2 aromatic rings. The minimum Gasteiger partial charge on any atom is -0.396 e. The highest BCUT2D eigenvalue weighted by atomic mass is 16.3. The topological polar surface area (TPSA) is 40.5 Å². The Morgan fingerprint density at radius 2 is 1.86 bits per heavy atom. The van der Waals surface area contributed by atoms with Crippen LogP contribution < -0.4 is 0 Å². The van der Waals surface area contributed by atoms with E-state index in [-0.39, 0.29) is 12.5 Å². The highest BCUT2D eigenvalue weighted by Gasteiger charge is 2.20. The minimum atomic E-state index is 0.0596. The molecule has 1 N–H and O–H groups in total. The second-order valence-electron chi connectivity index (χ2n) is 5.85. The Hall–Kier alpha value is -2.13. The van der Waals surface area contributed by atoms with Crippen LogP contribution >= 0.6 is 0 Å². The first kappa shape index (κ1) is 14.8. The van der Waals surface area contributed by atoms with Gasteiger partial charge in [-0.1, -0.05) is 42.5 Å². The highest BCUT2D eigenvalue weighted by Crippen LogP contribution is 2.20. The molecule has 1 aliphatic heterocycles. The molecule has 1 saturated heterocycles. The average Bonchev–Trinajstić information content (AvgIpc) is 2.59. The number of hydrogen-bond acceptors (Lipinski definition) is 2. The van der Waals surface area contributed by atoms with Crippen molar-refractivity contribution in [2.24, 2.45) is 5.92 Å². The van der Waals surface area contributed by atoms with Crippen LogP contribution in [0.4, 0.5) is 0 Å². The number of amides is 1. The van der Waals surface area contributed by atoms with Crippen LogP contribution in [0.5, 0.6) is 0 Å². The smallest absolute Gasteiger partial charge is 0.246 e. The predicted octanol–water partition coefficient (Wildman–Crippen LogP) is 3.08. The van der Waals surface area contributed by atoms with Gasteiger partial charge in [-0.05, 0) is 41.2 Å². The van der Waals surface area contributed by atoms with E-state index < -0.39 is 0 Å². The van der Waals surface area contributed by atoms with Crippen molar-refractivity contribution in [3.63, 3.8) is 0 Å². The van der Waals surface area contributed by atoms with Crippen molar-refractivity contribution in [3.8, 4) is 0 Å². The Morgan fingerprint density at radius 3 is 2.64 bits per heavy atom. The molecule has 0 spiro atoms. The summed E-state index contributed by atoms with van der Waals surface area (Å²) in [6.45, 7) is 1.71. The fourth-order valence-corrected chi connectivity index (χ4v) is 3.00. The number of rotatable bonds is 3. The summed E-state index contributed by atoms with van der Waals surface area (Å²) in [5.74, 6) is 0.412. The number of carbonyl (C=O) groups excluding carboxylic acids is 1. The van der Waals surface area contributed by atoms with Gasteiger partial charge in [-0.15, -0.1) is 0 Å². The third-order valence-corrected chi connectivity index (χ3v) is 4.41. The molecule has 0 radical (unpaired) electrons. The van der Waals surface area contributed by atoms with Crippen LogP contribution in [0, 0.1) is 5.92 Å². The number of aliphatic hydroxyl groups excluding tert-OH is 1. The maximum atomic E-state index is 12.3. The molecule has 1 aliphatic rings. The Morgan fingerprint density at radius 1 is 1.14 bits per heavy atom. The standard InChI is InChI=1S/C19H21NO2/c21-14-15-10-12-20(13-11-15)19(22)9-8-17-6-3-5-16-4-1-2-7-18(16)17/h1-9,15,21H,10-14H2/b9-8+. The second-order valence-corrected chi connectivity index (χ2v) is 5.85. The van der Waals surface area contributed by atoms with Gasteiger partial charge in [0.15, 0.2) is 0 Å². The summed E-state index contributed by atoms with van der Waals surface area (Å²) >= 11 is 0. The van der Waals surface area contributed by atoms with Crippen LogP contribution in [0.2, 0.25) is 0 Å². The van der Waals surface area contributed by atoms with Gasteiger partial charge in [0.05, 0.1) is 0 Å². The number of carbonyl (C=O) groups is 1. The van der Waals surface area contributed by atoms with E-state index in [4.69, 9.17) is 5.11 Å². The quantitative estimate of drug-likeness (QED) is 0.884. The first-order valence-corrected chi connectivity index (χ1v) is 7.83. The summed E-state index contributed by atoms with van der Waals surface area (Å²) in [6, 6.07) is 14.3. The molecule has 0 saturated carbocycles. The first-order valence-electron chi connectivity index (χ1n) is 7.83. The third-order valence-electron chi connectivity index (χ3n) is 4.41. The summed E-state index contributed by atoms with van der Waals surface area (Å²) in [6.07, 6.45) is 5.36. The SMILES string of the molecule is O=C(/C=C/c1cccc2ccccc12)N1CCC(CO)CC1.